The molecule has 214 valence electrons. The minimum Gasteiger partial charge on any atom is -0.459 e. The highest BCUT2D eigenvalue weighted by molar-refractivity contribution is 7.17. The second-order valence-electron chi connectivity index (χ2n) is 12.1. The number of esters is 1. The van der Waals surface area contributed by atoms with Crippen molar-refractivity contribution in [1.29, 1.82) is 0 Å². The van der Waals surface area contributed by atoms with E-state index in [0.29, 0.717) is 55.8 Å². The third kappa shape index (κ3) is 5.52. The van der Waals surface area contributed by atoms with E-state index in [2.05, 4.69) is 15.5 Å². The van der Waals surface area contributed by atoms with Gasteiger partial charge in [0.05, 0.1) is 17.5 Å². The Morgan fingerprint density at radius 1 is 1.10 bits per heavy atom. The summed E-state index contributed by atoms with van der Waals surface area (Å²) in [6.07, 6.45) is 4.93. The van der Waals surface area contributed by atoms with Crippen LogP contribution in [0.2, 0.25) is 0 Å². The minimum atomic E-state index is -0.406. The van der Waals surface area contributed by atoms with Crippen molar-refractivity contribution in [3.63, 3.8) is 0 Å². The molecule has 4 aliphatic rings. The summed E-state index contributed by atoms with van der Waals surface area (Å²) in [6, 6.07) is -0.00361. The monoisotopic (exact) mass is 559 g/mol. The van der Waals surface area contributed by atoms with E-state index in [1.54, 1.807) is 11.8 Å². The number of carbonyl (C=O) groups is 4. The number of carbonyl (C=O) groups excluding carboxylic acids is 4. The number of fused-ring (bicyclic) bond motifs is 1. The molecule has 4 aliphatic heterocycles. The molecule has 39 heavy (non-hydrogen) atoms. The fraction of sp³-hybridized carbons (Fsp3) is 0.714. The van der Waals surface area contributed by atoms with Gasteiger partial charge in [-0.15, -0.1) is 11.3 Å². The van der Waals surface area contributed by atoms with Crippen LogP contribution < -0.4 is 10.6 Å². The van der Waals surface area contributed by atoms with E-state index in [4.69, 9.17) is 4.74 Å². The molecule has 1 spiro atoms. The average molecular weight is 560 g/mol. The first-order chi connectivity index (χ1) is 18.5. The molecule has 2 N–H and O–H groups in total. The lowest BCUT2D eigenvalue weighted by Crippen LogP contribution is -2.53. The van der Waals surface area contributed by atoms with Crippen molar-refractivity contribution < 1.29 is 23.9 Å². The van der Waals surface area contributed by atoms with Gasteiger partial charge >= 0.3 is 12.0 Å². The molecule has 0 aromatic carbocycles. The lowest BCUT2D eigenvalue weighted by Gasteiger charge is -2.45. The van der Waals surface area contributed by atoms with Crippen LogP contribution in [0.15, 0.2) is 0 Å². The molecule has 10 nitrogen and oxygen atoms in total. The lowest BCUT2D eigenvalue weighted by molar-refractivity contribution is -0.154. The van der Waals surface area contributed by atoms with Crippen molar-refractivity contribution in [2.24, 2.45) is 5.41 Å². The zero-order valence-electron chi connectivity index (χ0n) is 23.6. The number of rotatable bonds is 4. The molecule has 5 heterocycles. The number of ether oxygens (including phenoxy) is 1. The second-order valence-corrected chi connectivity index (χ2v) is 13.2. The van der Waals surface area contributed by atoms with Crippen molar-refractivity contribution >= 4 is 40.2 Å². The summed E-state index contributed by atoms with van der Waals surface area (Å²) in [5, 5.41) is 6.20. The Balaban J connectivity index is 1.28. The predicted octanol–water partition coefficient (Wildman–Crippen LogP) is 3.21. The zero-order valence-corrected chi connectivity index (χ0v) is 24.4. The van der Waals surface area contributed by atoms with E-state index in [-0.39, 0.29) is 23.8 Å². The van der Waals surface area contributed by atoms with Gasteiger partial charge in [0.2, 0.25) is 5.91 Å². The Labute approximate surface area is 234 Å². The zero-order chi connectivity index (χ0) is 27.9. The van der Waals surface area contributed by atoms with E-state index >= 15 is 0 Å². The summed E-state index contributed by atoms with van der Waals surface area (Å²) in [5.41, 5.74) is 0.724. The van der Waals surface area contributed by atoms with Gasteiger partial charge in [-0.2, -0.15) is 0 Å². The van der Waals surface area contributed by atoms with E-state index < -0.39 is 11.0 Å². The summed E-state index contributed by atoms with van der Waals surface area (Å²) in [4.78, 5) is 58.2. The van der Waals surface area contributed by atoms with Crippen LogP contribution in [0.1, 0.15) is 80.6 Å². The van der Waals surface area contributed by atoms with Gasteiger partial charge in [0.15, 0.2) is 0 Å². The minimum absolute atomic E-state index is 0.0103. The standard InChI is InChI=1S/C28H41N5O5S/c1-5-29-26(37)30-23-22(20-9-14-32(18(2)34)15-21(20)39-23)24(35)31-12-7-19(8-13-31)33-11-6-10-28(17-33)16-27(3,4)38-25(28)36/h19H,5-17H2,1-4H3,(H2,29,30,37). The molecule has 1 atom stereocenters. The van der Waals surface area contributed by atoms with Crippen LogP contribution in [0.4, 0.5) is 9.80 Å². The largest absolute Gasteiger partial charge is 0.459 e. The van der Waals surface area contributed by atoms with Gasteiger partial charge in [0.1, 0.15) is 10.6 Å². The number of urea groups is 1. The van der Waals surface area contributed by atoms with Gasteiger partial charge < -0.3 is 19.9 Å². The van der Waals surface area contributed by atoms with Crippen LogP contribution in [0.5, 0.6) is 0 Å². The SMILES string of the molecule is CCNC(=O)Nc1sc2c(c1C(=O)N1CCC(N3CCCC4(C3)CC(C)(C)OC4=O)CC1)CCN(C(C)=O)C2. The smallest absolute Gasteiger partial charge is 0.319 e. The van der Waals surface area contributed by atoms with Gasteiger partial charge in [0, 0.05) is 57.0 Å². The van der Waals surface area contributed by atoms with Gasteiger partial charge in [-0.25, -0.2) is 4.79 Å². The second kappa shape index (κ2) is 10.7. The molecule has 1 aromatic heterocycles. The topological polar surface area (TPSA) is 111 Å². The molecule has 0 aliphatic carbocycles. The Hall–Kier alpha value is -2.66. The molecule has 3 saturated heterocycles. The summed E-state index contributed by atoms with van der Waals surface area (Å²) in [7, 11) is 0. The number of piperidine rings is 2. The van der Waals surface area contributed by atoms with Crippen LogP contribution in [-0.2, 0) is 27.3 Å². The first kappa shape index (κ1) is 27.9. The summed E-state index contributed by atoms with van der Waals surface area (Å²) in [5.74, 6) is -0.0936. The molecule has 0 saturated carbocycles. The van der Waals surface area contributed by atoms with E-state index in [1.165, 1.54) is 11.3 Å². The highest BCUT2D eigenvalue weighted by Gasteiger charge is 2.54. The highest BCUT2D eigenvalue weighted by atomic mass is 32.1. The quantitative estimate of drug-likeness (QED) is 0.548. The maximum absolute atomic E-state index is 13.9. The molecular formula is C28H41N5O5S. The maximum atomic E-state index is 13.9. The van der Waals surface area contributed by atoms with Gasteiger partial charge in [0.25, 0.3) is 5.91 Å². The van der Waals surface area contributed by atoms with Crippen LogP contribution in [-0.4, -0.2) is 89.4 Å². The first-order valence-electron chi connectivity index (χ1n) is 14.2. The normalized spacial score (nSPS) is 25.4. The van der Waals surface area contributed by atoms with Crippen molar-refractivity contribution in [3.8, 4) is 0 Å². The van der Waals surface area contributed by atoms with E-state index in [9.17, 15) is 19.2 Å². The number of hydrogen-bond donors (Lipinski definition) is 2. The summed E-state index contributed by atoms with van der Waals surface area (Å²) >= 11 is 1.40. The number of cyclic esters (lactones) is 1. The average Bonchev–Trinajstić information content (AvgIpc) is 3.35. The maximum Gasteiger partial charge on any atom is 0.319 e. The van der Waals surface area contributed by atoms with Crippen LogP contribution in [0, 0.1) is 5.41 Å². The number of thiophene rings is 1. The predicted molar refractivity (Wildman–Crippen MR) is 149 cm³/mol. The highest BCUT2D eigenvalue weighted by Crippen LogP contribution is 2.47. The number of nitrogens with zero attached hydrogens (tertiary/aromatic N) is 3. The van der Waals surface area contributed by atoms with Gasteiger partial charge in [-0.3, -0.25) is 24.6 Å². The fourth-order valence-electron chi connectivity index (χ4n) is 6.96. The summed E-state index contributed by atoms with van der Waals surface area (Å²) in [6.45, 7) is 11.9. The number of hydrogen-bond acceptors (Lipinski definition) is 7. The van der Waals surface area contributed by atoms with Crippen molar-refractivity contribution in [2.75, 3.05) is 44.6 Å². The van der Waals surface area contributed by atoms with Gasteiger partial charge in [-0.1, -0.05) is 0 Å². The number of nitrogens with one attached hydrogen (secondary N) is 2. The van der Waals surface area contributed by atoms with Gasteiger partial charge in [-0.05, 0) is 65.0 Å². The van der Waals surface area contributed by atoms with Crippen LogP contribution in [0.3, 0.4) is 0 Å². The molecular weight excluding hydrogens is 518 g/mol. The molecule has 11 heteroatoms. The Bertz CT molecular complexity index is 1160. The molecule has 0 bridgehead atoms. The first-order valence-corrected chi connectivity index (χ1v) is 15.1. The number of amides is 4. The van der Waals surface area contributed by atoms with Crippen LogP contribution in [0.25, 0.3) is 0 Å². The Kier molecular flexibility index (Phi) is 7.67. The molecule has 4 amide bonds. The fourth-order valence-corrected chi connectivity index (χ4v) is 8.21. The Morgan fingerprint density at radius 2 is 1.85 bits per heavy atom. The van der Waals surface area contributed by atoms with E-state index in [0.717, 1.165) is 55.6 Å². The number of anilines is 1. The summed E-state index contributed by atoms with van der Waals surface area (Å²) < 4.78 is 5.71. The molecule has 0 radical (unpaired) electrons. The van der Waals surface area contributed by atoms with Crippen LogP contribution >= 0.6 is 11.3 Å². The molecule has 1 unspecified atom stereocenters. The third-order valence-electron chi connectivity index (χ3n) is 8.72. The lowest BCUT2D eigenvalue weighted by atomic mass is 9.74. The molecule has 3 fully saturated rings. The Morgan fingerprint density at radius 3 is 2.49 bits per heavy atom. The molecule has 1 aromatic rings. The van der Waals surface area contributed by atoms with Crippen molar-refractivity contribution in [3.05, 3.63) is 16.0 Å². The number of likely N-dealkylation sites (tertiary alicyclic amines) is 2. The van der Waals surface area contributed by atoms with Crippen molar-refractivity contribution in [1.82, 2.24) is 20.0 Å². The molecule has 5 rings (SSSR count). The van der Waals surface area contributed by atoms with E-state index in [1.807, 2.05) is 25.7 Å². The van der Waals surface area contributed by atoms with Crippen molar-refractivity contribution in [2.45, 2.75) is 84.4 Å². The third-order valence-corrected chi connectivity index (χ3v) is 9.85.